The number of rotatable bonds is 2. The summed E-state index contributed by atoms with van der Waals surface area (Å²) >= 11 is 3.12. The normalized spacial score (nSPS) is 20.3. The summed E-state index contributed by atoms with van der Waals surface area (Å²) in [5.74, 6) is -0.734. The Kier molecular flexibility index (Phi) is 4.58. The van der Waals surface area contributed by atoms with Crippen LogP contribution in [0.5, 0.6) is 0 Å². The molecule has 1 amide bonds. The van der Waals surface area contributed by atoms with Crippen LogP contribution in [0, 0.1) is 5.82 Å². The number of nitrogens with zero attached hydrogens (tertiary/aromatic N) is 2. The van der Waals surface area contributed by atoms with Crippen molar-refractivity contribution in [2.45, 2.75) is 18.9 Å². The molecule has 104 valence electrons. The van der Waals surface area contributed by atoms with Crippen LogP contribution in [0.2, 0.25) is 0 Å². The molecule has 0 bridgehead atoms. The molecule has 0 radical (unpaired) electrons. The summed E-state index contributed by atoms with van der Waals surface area (Å²) in [5.41, 5.74) is 0.130. The first-order valence-electron chi connectivity index (χ1n) is 6.40. The van der Waals surface area contributed by atoms with E-state index in [2.05, 4.69) is 20.8 Å². The number of hydrogen-bond donors (Lipinski definition) is 0. The van der Waals surface area contributed by atoms with Crippen LogP contribution in [0.1, 0.15) is 23.2 Å². The molecule has 1 fully saturated rings. The van der Waals surface area contributed by atoms with E-state index in [0.29, 0.717) is 4.47 Å². The lowest BCUT2D eigenvalue weighted by molar-refractivity contribution is 0.0639. The zero-order valence-electron chi connectivity index (χ0n) is 11.2. The lowest BCUT2D eigenvalue weighted by Gasteiger charge is -2.35. The molecule has 1 atom stereocenters. The quantitative estimate of drug-likeness (QED) is 0.833. The molecule has 0 aromatic heterocycles. The van der Waals surface area contributed by atoms with Crippen LogP contribution in [0.3, 0.4) is 0 Å². The number of carbonyl (C=O) groups is 1. The SMILES string of the molecule is CN1CCCC(N(C)C(=O)c2cccc(Br)c2F)C1. The van der Waals surface area contributed by atoms with E-state index in [1.54, 1.807) is 24.1 Å². The Balaban J connectivity index is 2.16. The van der Waals surface area contributed by atoms with Gasteiger partial charge in [0.05, 0.1) is 10.0 Å². The third-order valence-electron chi connectivity index (χ3n) is 3.65. The number of halogens is 2. The molecule has 1 aromatic rings. The van der Waals surface area contributed by atoms with Crippen molar-refractivity contribution in [3.63, 3.8) is 0 Å². The van der Waals surface area contributed by atoms with E-state index in [0.717, 1.165) is 25.9 Å². The number of benzene rings is 1. The number of amides is 1. The maximum Gasteiger partial charge on any atom is 0.256 e. The number of hydrogen-bond acceptors (Lipinski definition) is 2. The van der Waals surface area contributed by atoms with Crippen LogP contribution in [0.15, 0.2) is 22.7 Å². The summed E-state index contributed by atoms with van der Waals surface area (Å²) in [5, 5.41) is 0. The smallest absolute Gasteiger partial charge is 0.256 e. The van der Waals surface area contributed by atoms with Gasteiger partial charge in [-0.25, -0.2) is 4.39 Å². The van der Waals surface area contributed by atoms with Crippen LogP contribution in [0.25, 0.3) is 0 Å². The predicted molar refractivity (Wildman–Crippen MR) is 76.7 cm³/mol. The minimum atomic E-state index is -0.483. The second-order valence-electron chi connectivity index (χ2n) is 5.08. The number of piperidine rings is 1. The summed E-state index contributed by atoms with van der Waals surface area (Å²) in [6.45, 7) is 1.90. The Bertz CT molecular complexity index is 481. The van der Waals surface area contributed by atoms with Crippen molar-refractivity contribution in [3.8, 4) is 0 Å². The topological polar surface area (TPSA) is 23.6 Å². The fourth-order valence-corrected chi connectivity index (χ4v) is 2.85. The molecule has 1 aliphatic heterocycles. The Morgan fingerprint density at radius 3 is 2.95 bits per heavy atom. The van der Waals surface area contributed by atoms with E-state index < -0.39 is 5.82 Å². The standard InChI is InChI=1S/C14H18BrFN2O/c1-17-8-4-5-10(9-17)18(2)14(19)11-6-3-7-12(15)13(11)16/h3,6-7,10H,4-5,8-9H2,1-2H3. The second kappa shape index (κ2) is 6.01. The van der Waals surface area contributed by atoms with E-state index in [1.807, 2.05) is 7.05 Å². The van der Waals surface area contributed by atoms with Gasteiger partial charge in [-0.3, -0.25) is 4.79 Å². The molecule has 2 rings (SSSR count). The molecule has 0 aliphatic carbocycles. The third kappa shape index (κ3) is 3.15. The van der Waals surface area contributed by atoms with Crippen molar-refractivity contribution in [2.24, 2.45) is 0 Å². The number of carbonyl (C=O) groups excluding carboxylic acids is 1. The summed E-state index contributed by atoms with van der Waals surface area (Å²) in [6.07, 6.45) is 2.04. The Morgan fingerprint density at radius 2 is 2.26 bits per heavy atom. The van der Waals surface area contributed by atoms with Gasteiger partial charge in [0.15, 0.2) is 0 Å². The highest BCUT2D eigenvalue weighted by molar-refractivity contribution is 9.10. The molecule has 3 nitrogen and oxygen atoms in total. The maximum atomic E-state index is 14.0. The first kappa shape index (κ1) is 14.5. The lowest BCUT2D eigenvalue weighted by Crippen LogP contribution is -2.47. The summed E-state index contributed by atoms with van der Waals surface area (Å²) < 4.78 is 14.3. The van der Waals surface area contributed by atoms with Crippen LogP contribution in [-0.2, 0) is 0 Å². The van der Waals surface area contributed by atoms with Crippen molar-refractivity contribution in [3.05, 3.63) is 34.1 Å². The lowest BCUT2D eigenvalue weighted by atomic mass is 10.0. The van der Waals surface area contributed by atoms with Gasteiger partial charge in [0.1, 0.15) is 5.82 Å². The van der Waals surface area contributed by atoms with Gasteiger partial charge >= 0.3 is 0 Å². The maximum absolute atomic E-state index is 14.0. The van der Waals surface area contributed by atoms with Gasteiger partial charge in [0.2, 0.25) is 0 Å². The van der Waals surface area contributed by atoms with E-state index in [9.17, 15) is 9.18 Å². The molecular formula is C14H18BrFN2O. The first-order valence-corrected chi connectivity index (χ1v) is 7.19. The molecular weight excluding hydrogens is 311 g/mol. The van der Waals surface area contributed by atoms with Gasteiger partial charge in [-0.2, -0.15) is 0 Å². The van der Waals surface area contributed by atoms with Gasteiger partial charge in [-0.1, -0.05) is 6.07 Å². The Labute approximate surface area is 121 Å². The summed E-state index contributed by atoms with van der Waals surface area (Å²) in [6, 6.07) is 4.97. The van der Waals surface area contributed by atoms with Crippen molar-refractivity contribution < 1.29 is 9.18 Å². The molecule has 0 spiro atoms. The predicted octanol–water partition coefficient (Wildman–Crippen LogP) is 2.75. The molecule has 0 saturated carbocycles. The van der Waals surface area contributed by atoms with Gasteiger partial charge in [-0.15, -0.1) is 0 Å². The van der Waals surface area contributed by atoms with E-state index in [4.69, 9.17) is 0 Å². The average Bonchev–Trinajstić information content (AvgIpc) is 2.40. The molecule has 1 aromatic carbocycles. The Morgan fingerprint density at radius 1 is 1.53 bits per heavy atom. The van der Waals surface area contributed by atoms with Crippen molar-refractivity contribution in [1.82, 2.24) is 9.80 Å². The van der Waals surface area contributed by atoms with Crippen molar-refractivity contribution in [1.29, 1.82) is 0 Å². The highest BCUT2D eigenvalue weighted by Gasteiger charge is 2.26. The minimum absolute atomic E-state index is 0.130. The molecule has 0 N–H and O–H groups in total. The summed E-state index contributed by atoms with van der Waals surface area (Å²) in [4.78, 5) is 16.2. The second-order valence-corrected chi connectivity index (χ2v) is 5.93. The van der Waals surface area contributed by atoms with Gasteiger partial charge in [-0.05, 0) is 54.5 Å². The van der Waals surface area contributed by atoms with Crippen LogP contribution in [-0.4, -0.2) is 48.9 Å². The molecule has 1 unspecified atom stereocenters. The van der Waals surface area contributed by atoms with Crippen LogP contribution >= 0.6 is 15.9 Å². The largest absolute Gasteiger partial charge is 0.337 e. The fraction of sp³-hybridized carbons (Fsp3) is 0.500. The van der Waals surface area contributed by atoms with Crippen molar-refractivity contribution >= 4 is 21.8 Å². The molecule has 1 aliphatic rings. The molecule has 19 heavy (non-hydrogen) atoms. The van der Waals surface area contributed by atoms with Crippen molar-refractivity contribution in [2.75, 3.05) is 27.2 Å². The summed E-state index contributed by atoms with van der Waals surface area (Å²) in [7, 11) is 3.80. The number of likely N-dealkylation sites (tertiary alicyclic amines) is 1. The third-order valence-corrected chi connectivity index (χ3v) is 4.26. The molecule has 1 heterocycles. The zero-order valence-corrected chi connectivity index (χ0v) is 12.8. The van der Waals surface area contributed by atoms with E-state index in [-0.39, 0.29) is 17.5 Å². The monoisotopic (exact) mass is 328 g/mol. The van der Waals surface area contributed by atoms with Crippen LogP contribution in [0.4, 0.5) is 4.39 Å². The average molecular weight is 329 g/mol. The van der Waals surface area contributed by atoms with E-state index >= 15 is 0 Å². The van der Waals surface area contributed by atoms with Crippen LogP contribution < -0.4 is 0 Å². The van der Waals surface area contributed by atoms with Gasteiger partial charge in [0.25, 0.3) is 5.91 Å². The minimum Gasteiger partial charge on any atom is -0.337 e. The fourth-order valence-electron chi connectivity index (χ4n) is 2.48. The molecule has 5 heteroatoms. The van der Waals surface area contributed by atoms with Gasteiger partial charge < -0.3 is 9.80 Å². The zero-order chi connectivity index (χ0) is 14.0. The highest BCUT2D eigenvalue weighted by atomic mass is 79.9. The first-order chi connectivity index (χ1) is 9.00. The number of likely N-dealkylation sites (N-methyl/N-ethyl adjacent to an activating group) is 2. The highest BCUT2D eigenvalue weighted by Crippen LogP contribution is 2.22. The van der Waals surface area contributed by atoms with E-state index in [1.165, 1.54) is 6.07 Å². The molecule has 1 saturated heterocycles. The van der Waals surface area contributed by atoms with Gasteiger partial charge in [0, 0.05) is 19.6 Å². The Hall–Kier alpha value is -0.940.